The van der Waals surface area contributed by atoms with Gasteiger partial charge in [-0.1, -0.05) is 35.3 Å². The minimum absolute atomic E-state index is 0.139. The van der Waals surface area contributed by atoms with Crippen molar-refractivity contribution in [3.8, 4) is 5.75 Å². The molecule has 0 aromatic heterocycles. The summed E-state index contributed by atoms with van der Waals surface area (Å²) < 4.78 is 5.14. The van der Waals surface area contributed by atoms with E-state index < -0.39 is 0 Å². The largest absolute Gasteiger partial charge is 0.497 e. The number of carbonyl (C=O) groups excluding carboxylic acids is 1. The zero-order valence-electron chi connectivity index (χ0n) is 12.0. The van der Waals surface area contributed by atoms with Crippen molar-refractivity contribution in [2.75, 3.05) is 24.3 Å². The second-order valence-corrected chi connectivity index (χ2v) is 5.34. The molecule has 2 N–H and O–H groups in total. The SMILES string of the molecule is COc1cccc(NCCC(=O)Nc2cccc(Cl)c2Cl)c1. The summed E-state index contributed by atoms with van der Waals surface area (Å²) in [6.45, 7) is 0.497. The van der Waals surface area contributed by atoms with Crippen molar-refractivity contribution in [3.63, 3.8) is 0 Å². The van der Waals surface area contributed by atoms with Crippen LogP contribution in [0.4, 0.5) is 11.4 Å². The van der Waals surface area contributed by atoms with Crippen LogP contribution in [0.25, 0.3) is 0 Å². The quantitative estimate of drug-likeness (QED) is 0.818. The van der Waals surface area contributed by atoms with Crippen LogP contribution in [0.15, 0.2) is 42.5 Å². The number of anilines is 2. The van der Waals surface area contributed by atoms with Gasteiger partial charge in [0.25, 0.3) is 0 Å². The van der Waals surface area contributed by atoms with Crippen molar-refractivity contribution in [1.29, 1.82) is 0 Å². The topological polar surface area (TPSA) is 50.4 Å². The molecule has 0 spiro atoms. The molecule has 2 aromatic carbocycles. The summed E-state index contributed by atoms with van der Waals surface area (Å²) in [5, 5.41) is 6.66. The molecule has 0 saturated heterocycles. The Balaban J connectivity index is 1.84. The lowest BCUT2D eigenvalue weighted by atomic mass is 10.2. The number of carbonyl (C=O) groups is 1. The maximum atomic E-state index is 11.9. The first-order chi connectivity index (χ1) is 10.6. The van der Waals surface area contributed by atoms with Crippen molar-refractivity contribution in [1.82, 2.24) is 0 Å². The van der Waals surface area contributed by atoms with E-state index in [9.17, 15) is 4.79 Å². The van der Waals surface area contributed by atoms with E-state index in [2.05, 4.69) is 10.6 Å². The molecule has 0 fully saturated rings. The molecule has 0 unspecified atom stereocenters. The van der Waals surface area contributed by atoms with E-state index in [1.807, 2.05) is 24.3 Å². The molecule has 0 radical (unpaired) electrons. The van der Waals surface area contributed by atoms with Crippen LogP contribution in [-0.4, -0.2) is 19.6 Å². The highest BCUT2D eigenvalue weighted by molar-refractivity contribution is 6.43. The molecule has 6 heteroatoms. The van der Waals surface area contributed by atoms with Gasteiger partial charge in [0.1, 0.15) is 5.75 Å². The monoisotopic (exact) mass is 338 g/mol. The van der Waals surface area contributed by atoms with E-state index in [0.717, 1.165) is 11.4 Å². The van der Waals surface area contributed by atoms with Gasteiger partial charge in [-0.3, -0.25) is 4.79 Å². The maximum Gasteiger partial charge on any atom is 0.226 e. The second-order valence-electron chi connectivity index (χ2n) is 4.56. The van der Waals surface area contributed by atoms with Crippen molar-refractivity contribution in [2.24, 2.45) is 0 Å². The van der Waals surface area contributed by atoms with Crippen LogP contribution >= 0.6 is 23.2 Å². The molecule has 1 amide bonds. The fourth-order valence-electron chi connectivity index (χ4n) is 1.87. The molecule has 116 valence electrons. The maximum absolute atomic E-state index is 11.9. The summed E-state index contributed by atoms with van der Waals surface area (Å²) in [7, 11) is 1.61. The lowest BCUT2D eigenvalue weighted by molar-refractivity contribution is -0.115. The first-order valence-electron chi connectivity index (χ1n) is 6.72. The Morgan fingerprint density at radius 3 is 2.73 bits per heavy atom. The van der Waals surface area contributed by atoms with E-state index in [1.54, 1.807) is 25.3 Å². The van der Waals surface area contributed by atoms with E-state index >= 15 is 0 Å². The Kier molecular flexibility index (Phi) is 5.92. The van der Waals surface area contributed by atoms with Crippen LogP contribution in [0.3, 0.4) is 0 Å². The predicted octanol–water partition coefficient (Wildman–Crippen LogP) is 4.44. The lowest BCUT2D eigenvalue weighted by Gasteiger charge is -2.10. The van der Waals surface area contributed by atoms with Gasteiger partial charge in [-0.25, -0.2) is 0 Å². The number of halogens is 2. The molecule has 2 rings (SSSR count). The third kappa shape index (κ3) is 4.55. The van der Waals surface area contributed by atoms with Gasteiger partial charge in [0.15, 0.2) is 0 Å². The highest BCUT2D eigenvalue weighted by Crippen LogP contribution is 2.29. The van der Waals surface area contributed by atoms with E-state index in [-0.39, 0.29) is 5.91 Å². The molecule has 4 nitrogen and oxygen atoms in total. The van der Waals surface area contributed by atoms with Gasteiger partial charge in [0.2, 0.25) is 5.91 Å². The van der Waals surface area contributed by atoms with Gasteiger partial charge in [0, 0.05) is 24.7 Å². The molecular formula is C16H16Cl2N2O2. The van der Waals surface area contributed by atoms with Crippen LogP contribution in [-0.2, 0) is 4.79 Å². The van der Waals surface area contributed by atoms with Crippen LogP contribution in [0, 0.1) is 0 Å². The molecule has 0 saturated carbocycles. The second kappa shape index (κ2) is 7.92. The average molecular weight is 339 g/mol. The molecule has 0 aliphatic heterocycles. The molecule has 0 bridgehead atoms. The Labute approximate surface area is 139 Å². The number of benzene rings is 2. The van der Waals surface area contributed by atoms with Crippen LogP contribution in [0.1, 0.15) is 6.42 Å². The number of nitrogens with one attached hydrogen (secondary N) is 2. The summed E-state index contributed by atoms with van der Waals surface area (Å²) in [6, 6.07) is 12.6. The van der Waals surface area contributed by atoms with Crippen molar-refractivity contribution in [2.45, 2.75) is 6.42 Å². The number of methoxy groups -OCH3 is 1. The fourth-order valence-corrected chi connectivity index (χ4v) is 2.21. The molecule has 0 heterocycles. The Morgan fingerprint density at radius 2 is 1.95 bits per heavy atom. The Bertz CT molecular complexity index is 662. The summed E-state index contributed by atoms with van der Waals surface area (Å²) in [4.78, 5) is 11.9. The van der Waals surface area contributed by atoms with E-state index in [4.69, 9.17) is 27.9 Å². The smallest absolute Gasteiger partial charge is 0.226 e. The van der Waals surface area contributed by atoms with Crippen molar-refractivity contribution in [3.05, 3.63) is 52.5 Å². The van der Waals surface area contributed by atoms with Gasteiger partial charge < -0.3 is 15.4 Å². The summed E-state index contributed by atoms with van der Waals surface area (Å²) in [5.41, 5.74) is 1.41. The lowest BCUT2D eigenvalue weighted by Crippen LogP contribution is -2.16. The molecule has 22 heavy (non-hydrogen) atoms. The van der Waals surface area contributed by atoms with Crippen LogP contribution < -0.4 is 15.4 Å². The number of hydrogen-bond acceptors (Lipinski definition) is 3. The van der Waals surface area contributed by atoms with Gasteiger partial charge >= 0.3 is 0 Å². The highest BCUT2D eigenvalue weighted by Gasteiger charge is 2.08. The number of hydrogen-bond donors (Lipinski definition) is 2. The van der Waals surface area contributed by atoms with Crippen molar-refractivity contribution >= 4 is 40.5 Å². The Hall–Kier alpha value is -1.91. The summed E-state index contributed by atoms with van der Waals surface area (Å²) >= 11 is 11.9. The van der Waals surface area contributed by atoms with E-state index in [1.165, 1.54) is 0 Å². The zero-order chi connectivity index (χ0) is 15.9. The molecule has 0 aliphatic rings. The van der Waals surface area contributed by atoms with Crippen LogP contribution in [0.2, 0.25) is 10.0 Å². The van der Waals surface area contributed by atoms with E-state index in [0.29, 0.717) is 28.7 Å². The van der Waals surface area contributed by atoms with Crippen molar-refractivity contribution < 1.29 is 9.53 Å². The van der Waals surface area contributed by atoms with Gasteiger partial charge in [-0.15, -0.1) is 0 Å². The normalized spacial score (nSPS) is 10.1. The average Bonchev–Trinajstić information content (AvgIpc) is 2.52. The molecule has 0 aliphatic carbocycles. The summed E-state index contributed by atoms with van der Waals surface area (Å²) in [5.74, 6) is 0.625. The minimum Gasteiger partial charge on any atom is -0.497 e. The van der Waals surface area contributed by atoms with Crippen LogP contribution in [0.5, 0.6) is 5.75 Å². The number of amides is 1. The number of ether oxygens (including phenoxy) is 1. The molecule has 0 atom stereocenters. The standard InChI is InChI=1S/C16H16Cl2N2O2/c1-22-12-5-2-4-11(10-12)19-9-8-15(21)20-14-7-3-6-13(17)16(14)18/h2-7,10,19H,8-9H2,1H3,(H,20,21). The first-order valence-corrected chi connectivity index (χ1v) is 7.47. The molecule has 2 aromatic rings. The van der Waals surface area contributed by atoms with Gasteiger partial charge in [0.05, 0.1) is 22.8 Å². The molecular weight excluding hydrogens is 323 g/mol. The fraction of sp³-hybridized carbons (Fsp3) is 0.188. The zero-order valence-corrected chi connectivity index (χ0v) is 13.5. The minimum atomic E-state index is -0.139. The first kappa shape index (κ1) is 16.5. The Morgan fingerprint density at radius 1 is 1.18 bits per heavy atom. The third-order valence-corrected chi connectivity index (χ3v) is 3.80. The predicted molar refractivity (Wildman–Crippen MR) is 91.2 cm³/mol. The third-order valence-electron chi connectivity index (χ3n) is 2.98. The summed E-state index contributed by atoms with van der Waals surface area (Å²) in [6.07, 6.45) is 0.306. The van der Waals surface area contributed by atoms with Gasteiger partial charge in [-0.2, -0.15) is 0 Å². The highest BCUT2D eigenvalue weighted by atomic mass is 35.5. The van der Waals surface area contributed by atoms with Gasteiger partial charge in [-0.05, 0) is 24.3 Å². The number of rotatable bonds is 6.